The molecule has 1 unspecified atom stereocenters. The molecule has 0 bridgehead atoms. The van der Waals surface area contributed by atoms with Crippen LogP contribution >= 0.6 is 0 Å². The van der Waals surface area contributed by atoms with E-state index in [2.05, 4.69) is 6.92 Å². The Balaban J connectivity index is 0. The van der Waals surface area contributed by atoms with Crippen LogP contribution in [-0.4, -0.2) is 28.1 Å². The summed E-state index contributed by atoms with van der Waals surface area (Å²) in [6, 6.07) is 0. The number of hydrogen-bond donors (Lipinski definition) is 2. The van der Waals surface area contributed by atoms with E-state index in [1.807, 2.05) is 6.92 Å². The first-order valence-corrected chi connectivity index (χ1v) is 4.88. The number of aliphatic hydroxyl groups is 1. The Morgan fingerprint density at radius 2 is 1.71 bits per heavy atom. The summed E-state index contributed by atoms with van der Waals surface area (Å²) in [5, 5.41) is 15.8. The van der Waals surface area contributed by atoms with Gasteiger partial charge in [-0.1, -0.05) is 20.3 Å². The molecule has 4 nitrogen and oxygen atoms in total. The van der Waals surface area contributed by atoms with Crippen molar-refractivity contribution in [3.8, 4) is 0 Å². The average Bonchev–Trinajstić information content (AvgIpc) is 2.14. The third kappa shape index (κ3) is 13.7. The Morgan fingerprint density at radius 3 is 1.93 bits per heavy atom. The lowest BCUT2D eigenvalue weighted by atomic mass is 10.1. The van der Waals surface area contributed by atoms with Crippen molar-refractivity contribution in [2.45, 2.75) is 52.6 Å². The van der Waals surface area contributed by atoms with Gasteiger partial charge in [-0.2, -0.15) is 0 Å². The van der Waals surface area contributed by atoms with E-state index in [0.29, 0.717) is 12.2 Å². The number of hydrogen-bond acceptors (Lipinski definition) is 3. The van der Waals surface area contributed by atoms with Gasteiger partial charge in [0.1, 0.15) is 11.9 Å². The maximum Gasteiger partial charge on any atom is 0.332 e. The second-order valence-electron chi connectivity index (χ2n) is 3.01. The van der Waals surface area contributed by atoms with Gasteiger partial charge in [0, 0.05) is 12.8 Å². The van der Waals surface area contributed by atoms with Gasteiger partial charge in [-0.3, -0.25) is 4.79 Å². The van der Waals surface area contributed by atoms with Gasteiger partial charge in [-0.05, 0) is 13.3 Å². The largest absolute Gasteiger partial charge is 0.479 e. The molecule has 0 aromatic heterocycles. The van der Waals surface area contributed by atoms with Crippen molar-refractivity contribution in [3.05, 3.63) is 0 Å². The van der Waals surface area contributed by atoms with Gasteiger partial charge >= 0.3 is 5.97 Å². The van der Waals surface area contributed by atoms with E-state index in [-0.39, 0.29) is 0 Å². The second-order valence-corrected chi connectivity index (χ2v) is 3.01. The summed E-state index contributed by atoms with van der Waals surface area (Å²) in [7, 11) is 0. The maximum absolute atomic E-state index is 10.6. The maximum atomic E-state index is 10.6. The minimum absolute atomic E-state index is 0.395. The standard InChI is InChI=1S/C7H14O.C3H6O3/c1-3-5-6-7(8)4-2;1-2(4)3(5)6/h3-6H2,1-2H3;2,4H,1H3,(H,5,6). The van der Waals surface area contributed by atoms with Crippen LogP contribution in [0.4, 0.5) is 0 Å². The predicted octanol–water partition coefficient (Wildman–Crippen LogP) is 1.61. The second kappa shape index (κ2) is 10.2. The summed E-state index contributed by atoms with van der Waals surface area (Å²) < 4.78 is 0. The molecule has 0 fully saturated rings. The lowest BCUT2D eigenvalue weighted by molar-refractivity contribution is -0.145. The Bertz CT molecular complexity index is 164. The number of unbranched alkanes of at least 4 members (excludes halogenated alkanes) is 1. The summed E-state index contributed by atoms with van der Waals surface area (Å²) in [6.07, 6.45) is 2.45. The summed E-state index contributed by atoms with van der Waals surface area (Å²) >= 11 is 0. The SMILES string of the molecule is CC(O)C(=O)O.CCCCC(=O)CC. The Labute approximate surface area is 84.9 Å². The van der Waals surface area contributed by atoms with E-state index in [4.69, 9.17) is 10.2 Å². The van der Waals surface area contributed by atoms with Crippen LogP contribution in [-0.2, 0) is 9.59 Å². The molecule has 1 atom stereocenters. The quantitative estimate of drug-likeness (QED) is 0.713. The lowest BCUT2D eigenvalue weighted by Gasteiger charge is -1.91. The minimum atomic E-state index is -1.23. The molecule has 0 rings (SSSR count). The number of Topliss-reactive ketones (excluding diaryl/α,β-unsaturated/α-hetero) is 1. The monoisotopic (exact) mass is 204 g/mol. The summed E-state index contributed by atoms with van der Waals surface area (Å²) in [4.78, 5) is 20.0. The third-order valence-electron chi connectivity index (χ3n) is 1.56. The molecule has 14 heavy (non-hydrogen) atoms. The molecular weight excluding hydrogens is 184 g/mol. The fraction of sp³-hybridized carbons (Fsp3) is 0.800. The van der Waals surface area contributed by atoms with Crippen LogP contribution < -0.4 is 0 Å². The minimum Gasteiger partial charge on any atom is -0.479 e. The van der Waals surface area contributed by atoms with Gasteiger partial charge < -0.3 is 10.2 Å². The first-order valence-electron chi connectivity index (χ1n) is 4.88. The molecule has 0 aliphatic carbocycles. The van der Waals surface area contributed by atoms with E-state index in [1.165, 1.54) is 6.92 Å². The van der Waals surface area contributed by atoms with Crippen molar-refractivity contribution in [1.82, 2.24) is 0 Å². The number of carbonyl (C=O) groups is 2. The molecule has 0 saturated heterocycles. The van der Waals surface area contributed by atoms with E-state index in [9.17, 15) is 9.59 Å². The van der Waals surface area contributed by atoms with Crippen molar-refractivity contribution in [3.63, 3.8) is 0 Å². The Morgan fingerprint density at radius 1 is 1.29 bits per heavy atom. The van der Waals surface area contributed by atoms with Gasteiger partial charge in [0.05, 0.1) is 0 Å². The van der Waals surface area contributed by atoms with Crippen LogP contribution in [0.1, 0.15) is 46.5 Å². The fourth-order valence-electron chi connectivity index (χ4n) is 0.551. The highest BCUT2D eigenvalue weighted by Crippen LogP contribution is 1.96. The summed E-state index contributed by atoms with van der Waals surface area (Å²) in [6.45, 7) is 5.21. The van der Waals surface area contributed by atoms with Crippen LogP contribution in [0.25, 0.3) is 0 Å². The number of aliphatic hydroxyl groups excluding tert-OH is 1. The number of ketones is 1. The highest BCUT2D eigenvalue weighted by molar-refractivity contribution is 5.77. The zero-order valence-corrected chi connectivity index (χ0v) is 9.12. The molecular formula is C10H20O4. The molecule has 0 aromatic rings. The van der Waals surface area contributed by atoms with Crippen LogP contribution in [0.15, 0.2) is 0 Å². The lowest BCUT2D eigenvalue weighted by Crippen LogP contribution is -2.13. The highest BCUT2D eigenvalue weighted by atomic mass is 16.4. The molecule has 0 spiro atoms. The Hall–Kier alpha value is -0.900. The van der Waals surface area contributed by atoms with Gasteiger partial charge in [0.25, 0.3) is 0 Å². The van der Waals surface area contributed by atoms with Crippen LogP contribution in [0.2, 0.25) is 0 Å². The zero-order chi connectivity index (χ0) is 11.6. The first-order chi connectivity index (χ1) is 6.45. The first kappa shape index (κ1) is 15.6. The molecule has 0 aromatic carbocycles. The van der Waals surface area contributed by atoms with E-state index < -0.39 is 12.1 Å². The number of rotatable bonds is 5. The molecule has 0 aliphatic heterocycles. The van der Waals surface area contributed by atoms with Crippen molar-refractivity contribution in [1.29, 1.82) is 0 Å². The van der Waals surface area contributed by atoms with E-state index in [1.54, 1.807) is 0 Å². The van der Waals surface area contributed by atoms with Crippen molar-refractivity contribution in [2.24, 2.45) is 0 Å². The van der Waals surface area contributed by atoms with Gasteiger partial charge in [0.2, 0.25) is 0 Å². The molecule has 84 valence electrons. The van der Waals surface area contributed by atoms with Crippen molar-refractivity contribution in [2.75, 3.05) is 0 Å². The predicted molar refractivity (Wildman–Crippen MR) is 54.1 cm³/mol. The van der Waals surface area contributed by atoms with Crippen LogP contribution in [0, 0.1) is 0 Å². The molecule has 4 heteroatoms. The third-order valence-corrected chi connectivity index (χ3v) is 1.56. The Kier molecular flexibility index (Phi) is 11.3. The van der Waals surface area contributed by atoms with Crippen LogP contribution in [0.3, 0.4) is 0 Å². The number of aliphatic carboxylic acids is 1. The van der Waals surface area contributed by atoms with Crippen molar-refractivity contribution >= 4 is 11.8 Å². The normalized spacial score (nSPS) is 11.1. The number of carboxylic acids is 1. The fourth-order valence-corrected chi connectivity index (χ4v) is 0.551. The summed E-state index contributed by atoms with van der Waals surface area (Å²) in [5.74, 6) is -0.790. The smallest absolute Gasteiger partial charge is 0.332 e. The topological polar surface area (TPSA) is 74.6 Å². The van der Waals surface area contributed by atoms with Gasteiger partial charge in [-0.25, -0.2) is 4.79 Å². The van der Waals surface area contributed by atoms with Gasteiger partial charge in [0.15, 0.2) is 0 Å². The zero-order valence-electron chi connectivity index (χ0n) is 9.12. The molecule has 2 N–H and O–H groups in total. The van der Waals surface area contributed by atoms with Crippen molar-refractivity contribution < 1.29 is 19.8 Å². The summed E-state index contributed by atoms with van der Waals surface area (Å²) in [5.41, 5.74) is 0. The molecule has 0 heterocycles. The van der Waals surface area contributed by atoms with E-state index in [0.717, 1.165) is 19.3 Å². The van der Waals surface area contributed by atoms with E-state index >= 15 is 0 Å². The van der Waals surface area contributed by atoms with Gasteiger partial charge in [-0.15, -0.1) is 0 Å². The molecule has 0 aliphatic rings. The number of carbonyl (C=O) groups excluding carboxylic acids is 1. The van der Waals surface area contributed by atoms with Crippen LogP contribution in [0.5, 0.6) is 0 Å². The highest BCUT2D eigenvalue weighted by Gasteiger charge is 2.01. The molecule has 0 amide bonds. The number of carboxylic acid groups (broad SMARTS) is 1. The molecule has 0 radical (unpaired) electrons. The average molecular weight is 204 g/mol. The molecule has 0 saturated carbocycles.